The van der Waals surface area contributed by atoms with Gasteiger partial charge in [-0.1, -0.05) is 0 Å². The van der Waals surface area contributed by atoms with Crippen LogP contribution in [0, 0.1) is 0 Å². The van der Waals surface area contributed by atoms with Crippen LogP contribution in [0.3, 0.4) is 0 Å². The largest absolute Gasteiger partial charge is 0.506 e. The van der Waals surface area contributed by atoms with Crippen LogP contribution in [0.25, 0.3) is 10.9 Å². The molecule has 0 radical (unpaired) electrons. The number of fused-ring (bicyclic) bond motifs is 1. The molecular weight excluding hydrogens is 343 g/mol. The number of benzene rings is 2. The van der Waals surface area contributed by atoms with Gasteiger partial charge in [0.1, 0.15) is 11.3 Å². The van der Waals surface area contributed by atoms with Gasteiger partial charge in [0.25, 0.3) is 0 Å². The SMILES string of the molecule is O=S(=O)(c1ccc(C(F)(F)F)cc1)c1ccc(O)c2ncccc12. The quantitative estimate of drug-likeness (QED) is 0.761. The van der Waals surface area contributed by atoms with Crippen molar-refractivity contribution in [3.63, 3.8) is 0 Å². The number of phenolic OH excluding ortho intramolecular Hbond substituents is 1. The highest BCUT2D eigenvalue weighted by Crippen LogP contribution is 2.34. The molecule has 0 aliphatic carbocycles. The number of alkyl halides is 3. The van der Waals surface area contributed by atoms with Crippen LogP contribution < -0.4 is 0 Å². The number of aromatic nitrogens is 1. The van der Waals surface area contributed by atoms with E-state index >= 15 is 0 Å². The van der Waals surface area contributed by atoms with Crippen LogP contribution in [0.4, 0.5) is 13.2 Å². The molecule has 1 heterocycles. The maximum atomic E-state index is 12.7. The summed E-state index contributed by atoms with van der Waals surface area (Å²) in [6, 6.07) is 8.62. The Hall–Kier alpha value is -2.61. The standard InChI is InChI=1S/C16H10F3NO3S/c17-16(18,19)10-3-5-11(6-4-10)24(22,23)14-8-7-13(21)15-12(14)2-1-9-20-15/h1-9,21H. The third-order valence-electron chi connectivity index (χ3n) is 3.49. The maximum absolute atomic E-state index is 12.7. The van der Waals surface area contributed by atoms with E-state index in [2.05, 4.69) is 4.98 Å². The number of rotatable bonds is 2. The molecule has 0 amide bonds. The van der Waals surface area contributed by atoms with Gasteiger partial charge in [-0.15, -0.1) is 0 Å². The molecule has 0 unspecified atom stereocenters. The molecule has 0 fully saturated rings. The molecule has 1 aromatic heterocycles. The van der Waals surface area contributed by atoms with E-state index in [0.717, 1.165) is 12.1 Å². The van der Waals surface area contributed by atoms with Gasteiger partial charge in [0.2, 0.25) is 9.84 Å². The minimum atomic E-state index is -4.54. The Morgan fingerprint density at radius 3 is 2.25 bits per heavy atom. The van der Waals surface area contributed by atoms with Gasteiger partial charge >= 0.3 is 6.18 Å². The minimum absolute atomic E-state index is 0.102. The first-order chi connectivity index (χ1) is 11.2. The van der Waals surface area contributed by atoms with Gasteiger partial charge in [-0.25, -0.2) is 8.42 Å². The van der Waals surface area contributed by atoms with Gasteiger partial charge < -0.3 is 5.11 Å². The van der Waals surface area contributed by atoms with Crippen molar-refractivity contribution in [1.29, 1.82) is 0 Å². The van der Waals surface area contributed by atoms with Crippen LogP contribution in [-0.2, 0) is 16.0 Å². The van der Waals surface area contributed by atoms with Gasteiger partial charge in [0.05, 0.1) is 15.4 Å². The number of halogens is 3. The molecule has 0 aliphatic heterocycles. The first-order valence-electron chi connectivity index (χ1n) is 6.70. The van der Waals surface area contributed by atoms with Gasteiger partial charge in [-0.2, -0.15) is 13.2 Å². The summed E-state index contributed by atoms with van der Waals surface area (Å²) in [6.45, 7) is 0. The van der Waals surface area contributed by atoms with Crippen molar-refractivity contribution in [2.45, 2.75) is 16.0 Å². The summed E-state index contributed by atoms with van der Waals surface area (Å²) >= 11 is 0. The smallest absolute Gasteiger partial charge is 0.416 e. The van der Waals surface area contributed by atoms with Crippen molar-refractivity contribution in [2.75, 3.05) is 0 Å². The summed E-state index contributed by atoms with van der Waals surface area (Å²) in [5, 5.41) is 9.97. The first-order valence-corrected chi connectivity index (χ1v) is 8.18. The Morgan fingerprint density at radius 2 is 1.62 bits per heavy atom. The zero-order chi connectivity index (χ0) is 17.5. The highest BCUT2D eigenvalue weighted by atomic mass is 32.2. The fourth-order valence-electron chi connectivity index (χ4n) is 2.32. The Morgan fingerprint density at radius 1 is 0.958 bits per heavy atom. The van der Waals surface area contributed by atoms with Gasteiger partial charge in [0.15, 0.2) is 0 Å². The highest BCUT2D eigenvalue weighted by Gasteiger charge is 2.31. The van der Waals surface area contributed by atoms with Crippen molar-refractivity contribution in [2.24, 2.45) is 0 Å². The van der Waals surface area contributed by atoms with Crippen molar-refractivity contribution in [1.82, 2.24) is 4.98 Å². The molecule has 1 N–H and O–H groups in total. The van der Waals surface area contributed by atoms with Crippen LogP contribution in [-0.4, -0.2) is 18.5 Å². The molecule has 0 aliphatic rings. The molecular formula is C16H10F3NO3S. The van der Waals surface area contributed by atoms with Crippen LogP contribution in [0.15, 0.2) is 64.5 Å². The highest BCUT2D eigenvalue weighted by molar-refractivity contribution is 7.91. The average molecular weight is 353 g/mol. The monoisotopic (exact) mass is 353 g/mol. The predicted octanol–water partition coefficient (Wildman–Crippen LogP) is 3.79. The number of pyridine rings is 1. The molecule has 0 spiro atoms. The molecule has 0 atom stereocenters. The summed E-state index contributed by atoms with van der Waals surface area (Å²) in [5.41, 5.74) is -0.829. The van der Waals surface area contributed by atoms with E-state index in [1.807, 2.05) is 0 Å². The van der Waals surface area contributed by atoms with E-state index < -0.39 is 21.6 Å². The normalized spacial score (nSPS) is 12.5. The fourth-order valence-corrected chi connectivity index (χ4v) is 3.77. The molecule has 2 aromatic carbocycles. The summed E-state index contributed by atoms with van der Waals surface area (Å²) in [6.07, 6.45) is -3.14. The van der Waals surface area contributed by atoms with E-state index in [0.29, 0.717) is 12.1 Å². The van der Waals surface area contributed by atoms with Gasteiger partial charge in [-0.3, -0.25) is 4.98 Å². The minimum Gasteiger partial charge on any atom is -0.506 e. The lowest BCUT2D eigenvalue weighted by Crippen LogP contribution is -2.07. The maximum Gasteiger partial charge on any atom is 0.416 e. The second-order valence-corrected chi connectivity index (χ2v) is 6.93. The predicted molar refractivity (Wildman–Crippen MR) is 80.3 cm³/mol. The molecule has 24 heavy (non-hydrogen) atoms. The second-order valence-electron chi connectivity index (χ2n) is 5.01. The van der Waals surface area contributed by atoms with Crippen molar-refractivity contribution < 1.29 is 26.7 Å². The second kappa shape index (κ2) is 5.48. The molecule has 0 saturated heterocycles. The van der Waals surface area contributed by atoms with E-state index in [9.17, 15) is 26.7 Å². The van der Waals surface area contributed by atoms with Crippen LogP contribution >= 0.6 is 0 Å². The van der Waals surface area contributed by atoms with E-state index in [-0.39, 0.29) is 26.4 Å². The molecule has 4 nitrogen and oxygen atoms in total. The Kier molecular flexibility index (Phi) is 3.71. The number of hydrogen-bond acceptors (Lipinski definition) is 4. The average Bonchev–Trinajstić information content (AvgIpc) is 2.54. The third kappa shape index (κ3) is 2.69. The number of nitrogens with zero attached hydrogens (tertiary/aromatic N) is 1. The number of phenols is 1. The van der Waals surface area contributed by atoms with Crippen molar-refractivity contribution in [3.8, 4) is 5.75 Å². The van der Waals surface area contributed by atoms with Crippen molar-refractivity contribution in [3.05, 3.63) is 60.3 Å². The Bertz CT molecular complexity index is 1010. The summed E-state index contributed by atoms with van der Waals surface area (Å²) in [7, 11) is -4.06. The van der Waals surface area contributed by atoms with Crippen LogP contribution in [0.5, 0.6) is 5.75 Å². The Labute approximate surface area is 135 Å². The zero-order valence-electron chi connectivity index (χ0n) is 11.9. The van der Waals surface area contributed by atoms with Gasteiger partial charge in [0, 0.05) is 11.6 Å². The fraction of sp³-hybridized carbons (Fsp3) is 0.0625. The third-order valence-corrected chi connectivity index (χ3v) is 5.32. The van der Waals surface area contributed by atoms with Gasteiger partial charge in [-0.05, 0) is 48.5 Å². The molecule has 8 heteroatoms. The van der Waals surface area contributed by atoms with E-state index in [1.54, 1.807) is 0 Å². The van der Waals surface area contributed by atoms with Crippen LogP contribution in [0.1, 0.15) is 5.56 Å². The lowest BCUT2D eigenvalue weighted by atomic mass is 10.2. The summed E-state index contributed by atoms with van der Waals surface area (Å²) in [5.74, 6) is -0.183. The van der Waals surface area contributed by atoms with Crippen molar-refractivity contribution >= 4 is 20.7 Å². The topological polar surface area (TPSA) is 67.3 Å². The Balaban J connectivity index is 2.17. The summed E-state index contributed by atoms with van der Waals surface area (Å²) < 4.78 is 63.3. The number of hydrogen-bond donors (Lipinski definition) is 1. The number of aromatic hydroxyl groups is 1. The molecule has 0 bridgehead atoms. The first kappa shape index (κ1) is 16.3. The lowest BCUT2D eigenvalue weighted by molar-refractivity contribution is -0.137. The van der Waals surface area contributed by atoms with E-state index in [1.165, 1.54) is 30.5 Å². The number of sulfone groups is 1. The molecule has 0 saturated carbocycles. The van der Waals surface area contributed by atoms with Crippen LogP contribution in [0.2, 0.25) is 0 Å². The summed E-state index contributed by atoms with van der Waals surface area (Å²) in [4.78, 5) is 3.52. The molecule has 124 valence electrons. The van der Waals surface area contributed by atoms with E-state index in [4.69, 9.17) is 0 Å². The lowest BCUT2D eigenvalue weighted by Gasteiger charge is -2.10. The molecule has 3 aromatic rings. The zero-order valence-corrected chi connectivity index (χ0v) is 12.8. The molecule has 3 rings (SSSR count).